The molecule has 3 atom stereocenters. The van der Waals surface area contributed by atoms with Crippen LogP contribution in [0.5, 0.6) is 0 Å². The molecule has 0 bridgehead atoms. The van der Waals surface area contributed by atoms with Gasteiger partial charge < -0.3 is 24.5 Å². The lowest BCUT2D eigenvalue weighted by Crippen LogP contribution is -2.51. The highest BCUT2D eigenvalue weighted by molar-refractivity contribution is 7.59. The number of hydrogen-bond donors (Lipinski definition) is 3. The molecule has 13 nitrogen and oxygen atoms in total. The van der Waals surface area contributed by atoms with Gasteiger partial charge in [-0.05, 0) is 55.4 Å². The molecule has 2 rings (SSSR count). The number of nitrogens with one attached hydrogen (secondary N) is 2. The van der Waals surface area contributed by atoms with Gasteiger partial charge >= 0.3 is 11.9 Å². The van der Waals surface area contributed by atoms with E-state index in [1.807, 2.05) is 0 Å². The van der Waals surface area contributed by atoms with E-state index < -0.39 is 37.1 Å². The first-order valence-electron chi connectivity index (χ1n) is 11.7. The van der Waals surface area contributed by atoms with Crippen molar-refractivity contribution in [2.75, 3.05) is 12.1 Å². The second-order valence-electron chi connectivity index (χ2n) is 9.70. The van der Waals surface area contributed by atoms with Gasteiger partial charge in [-0.2, -0.15) is 0 Å². The summed E-state index contributed by atoms with van der Waals surface area (Å²) in [6.07, 6.45) is 1.45. The molecule has 36 heavy (non-hydrogen) atoms. The first kappa shape index (κ1) is 29.6. The largest absolute Gasteiger partial charge is 0.462 e. The van der Waals surface area contributed by atoms with Crippen molar-refractivity contribution in [3.63, 3.8) is 0 Å². The van der Waals surface area contributed by atoms with Crippen molar-refractivity contribution in [3.05, 3.63) is 12.7 Å². The summed E-state index contributed by atoms with van der Waals surface area (Å²) >= 11 is 0. The van der Waals surface area contributed by atoms with E-state index in [0.29, 0.717) is 17.7 Å². The Morgan fingerprint density at radius 3 is 2.33 bits per heavy atom. The van der Waals surface area contributed by atoms with Crippen molar-refractivity contribution in [1.29, 1.82) is 0 Å². The molecule has 2 aromatic heterocycles. The smallest absolute Gasteiger partial charge is 0.326 e. The van der Waals surface area contributed by atoms with Crippen molar-refractivity contribution in [1.82, 2.24) is 29.7 Å². The molecule has 2 aromatic rings. The van der Waals surface area contributed by atoms with Crippen molar-refractivity contribution < 1.29 is 28.4 Å². The van der Waals surface area contributed by atoms with Crippen LogP contribution in [0, 0.1) is 0 Å². The van der Waals surface area contributed by atoms with Gasteiger partial charge in [-0.25, -0.2) is 25.1 Å². The van der Waals surface area contributed by atoms with Crippen molar-refractivity contribution >= 4 is 36.4 Å². The highest BCUT2D eigenvalue weighted by Crippen LogP contribution is 2.40. The van der Waals surface area contributed by atoms with Gasteiger partial charge in [0.1, 0.15) is 29.8 Å². The zero-order valence-corrected chi connectivity index (χ0v) is 23.0. The second kappa shape index (κ2) is 12.1. The maximum Gasteiger partial charge on any atom is 0.326 e. The maximum absolute atomic E-state index is 14.0. The first-order valence-corrected chi connectivity index (χ1v) is 13.6. The fourth-order valence-electron chi connectivity index (χ4n) is 3.25. The molecule has 0 fully saturated rings. The van der Waals surface area contributed by atoms with Crippen LogP contribution in [0.3, 0.4) is 0 Å². The summed E-state index contributed by atoms with van der Waals surface area (Å²) in [7, 11) is -3.69. The number of nitrogens with zero attached hydrogens (tertiary/aromatic N) is 4. The topological polar surface area (TPSA) is 173 Å². The Morgan fingerprint density at radius 1 is 1.08 bits per heavy atom. The number of ether oxygens (including phenoxy) is 3. The number of nitrogen functional groups attached to an aromatic ring is 1. The highest BCUT2D eigenvalue weighted by Gasteiger charge is 2.39. The third-order valence-electron chi connectivity index (χ3n) is 4.84. The van der Waals surface area contributed by atoms with E-state index in [1.54, 1.807) is 59.4 Å². The van der Waals surface area contributed by atoms with Crippen LogP contribution in [-0.4, -0.2) is 67.7 Å². The molecule has 4 N–H and O–H groups in total. The van der Waals surface area contributed by atoms with Crippen LogP contribution in [0.4, 0.5) is 5.82 Å². The number of rotatable bonds is 13. The summed E-state index contributed by atoms with van der Waals surface area (Å²) in [6, 6.07) is -0.932. The van der Waals surface area contributed by atoms with E-state index in [9.17, 15) is 14.2 Å². The first-order chi connectivity index (χ1) is 16.6. The summed E-state index contributed by atoms with van der Waals surface area (Å²) < 4.78 is 32.1. The zero-order chi connectivity index (χ0) is 27.3. The molecule has 0 saturated heterocycles. The quantitative estimate of drug-likeness (QED) is 0.256. The Morgan fingerprint density at radius 2 is 1.72 bits per heavy atom. The van der Waals surface area contributed by atoms with Crippen LogP contribution in [0.25, 0.3) is 11.2 Å². The Hall–Kier alpha value is -2.60. The van der Waals surface area contributed by atoms with E-state index in [2.05, 4.69) is 25.1 Å². The van der Waals surface area contributed by atoms with Gasteiger partial charge in [0.2, 0.25) is 7.44 Å². The van der Waals surface area contributed by atoms with E-state index in [0.717, 1.165) is 0 Å². The molecular weight excluding hydrogens is 489 g/mol. The van der Waals surface area contributed by atoms with Gasteiger partial charge in [0, 0.05) is 0 Å². The number of imidazole rings is 1. The average molecular weight is 528 g/mol. The van der Waals surface area contributed by atoms with Gasteiger partial charge in [-0.1, -0.05) is 0 Å². The molecule has 0 saturated carbocycles. The summed E-state index contributed by atoms with van der Waals surface area (Å²) in [6.45, 7) is 13.6. The third-order valence-corrected chi connectivity index (χ3v) is 7.08. The maximum atomic E-state index is 14.0. The molecule has 0 spiro atoms. The molecule has 0 aliphatic heterocycles. The number of carbonyl (C=O) groups is 2. The van der Waals surface area contributed by atoms with Gasteiger partial charge in [0.25, 0.3) is 0 Å². The monoisotopic (exact) mass is 527 g/mol. The number of esters is 2. The van der Waals surface area contributed by atoms with Gasteiger partial charge in [0.05, 0.1) is 31.2 Å². The Balaban J connectivity index is 2.18. The van der Waals surface area contributed by atoms with Crippen LogP contribution in [0.2, 0.25) is 0 Å². The molecule has 202 valence electrons. The molecular formula is C22H38N7O6P. The SMILES string of the molecule is CC(C)OC(=O)[C@@H](C)N[P@@](=O)(CO[C@H](C)Cn1cnc2c(N)ncnc21)NC(C)(C)C(=O)OC(C)C. The van der Waals surface area contributed by atoms with Crippen LogP contribution in [0.1, 0.15) is 55.4 Å². The van der Waals surface area contributed by atoms with Gasteiger partial charge in [-0.15, -0.1) is 0 Å². The van der Waals surface area contributed by atoms with E-state index in [-0.39, 0.29) is 24.4 Å². The van der Waals surface area contributed by atoms with Crippen molar-refractivity contribution in [3.8, 4) is 0 Å². The summed E-state index contributed by atoms with van der Waals surface area (Å²) in [4.78, 5) is 37.4. The number of fused-ring (bicyclic) bond motifs is 1. The molecule has 0 radical (unpaired) electrons. The Labute approximate surface area is 211 Å². The van der Waals surface area contributed by atoms with E-state index in [1.165, 1.54) is 13.3 Å². The van der Waals surface area contributed by atoms with Gasteiger partial charge in [0.15, 0.2) is 11.5 Å². The second-order valence-corrected chi connectivity index (χ2v) is 11.9. The van der Waals surface area contributed by atoms with Crippen LogP contribution >= 0.6 is 7.44 Å². The highest BCUT2D eigenvalue weighted by atomic mass is 31.2. The molecule has 0 unspecified atom stereocenters. The van der Waals surface area contributed by atoms with Crippen molar-refractivity contribution in [2.24, 2.45) is 0 Å². The van der Waals surface area contributed by atoms with Crippen LogP contribution < -0.4 is 15.9 Å². The minimum Gasteiger partial charge on any atom is -0.462 e. The standard InChI is InChI=1S/C22H38N7O6P/c1-13(2)34-20(30)16(6)27-36(32,28-22(7,8)21(31)35-14(3)4)12-33-15(5)9-29-11-26-17-18(23)24-10-25-19(17)29/h10-11,13-16H,9,12H2,1-8H3,(H2,23,24,25)(H2,27,28,32)/t15-,16-,36+/m1/s1. The predicted molar refractivity (Wildman–Crippen MR) is 135 cm³/mol. The third kappa shape index (κ3) is 8.22. The molecule has 0 aliphatic carbocycles. The van der Waals surface area contributed by atoms with Crippen LogP contribution in [-0.2, 0) is 34.9 Å². The number of aromatic nitrogens is 4. The van der Waals surface area contributed by atoms with Gasteiger partial charge in [-0.3, -0.25) is 14.2 Å². The fraction of sp³-hybridized carbons (Fsp3) is 0.682. The summed E-state index contributed by atoms with van der Waals surface area (Å²) in [5, 5.41) is 5.64. The Bertz CT molecular complexity index is 1100. The molecule has 0 aliphatic rings. The number of hydrogen-bond acceptors (Lipinski definition) is 10. The summed E-state index contributed by atoms with van der Waals surface area (Å²) in [5.41, 5.74) is 5.52. The lowest BCUT2D eigenvalue weighted by molar-refractivity contribution is -0.153. The zero-order valence-electron chi connectivity index (χ0n) is 22.1. The number of anilines is 1. The predicted octanol–water partition coefficient (Wildman–Crippen LogP) is 2.21. The van der Waals surface area contributed by atoms with E-state index >= 15 is 0 Å². The van der Waals surface area contributed by atoms with Crippen LogP contribution in [0.15, 0.2) is 12.7 Å². The Kier molecular flexibility index (Phi) is 9.95. The minimum absolute atomic E-state index is 0.267. The number of carbonyl (C=O) groups excluding carboxylic acids is 2. The lowest BCUT2D eigenvalue weighted by atomic mass is 10.1. The fourth-order valence-corrected chi connectivity index (χ4v) is 5.65. The van der Waals surface area contributed by atoms with Crippen molar-refractivity contribution in [2.45, 2.75) is 91.8 Å². The minimum atomic E-state index is -3.69. The molecule has 0 aromatic carbocycles. The average Bonchev–Trinajstić information content (AvgIpc) is 3.15. The summed E-state index contributed by atoms with van der Waals surface area (Å²) in [5.74, 6) is -0.903. The number of nitrogens with two attached hydrogens (primary N) is 1. The van der Waals surface area contributed by atoms with E-state index in [4.69, 9.17) is 19.9 Å². The molecule has 14 heteroatoms. The molecule has 0 amide bonds. The molecule has 2 heterocycles. The lowest BCUT2D eigenvalue weighted by Gasteiger charge is -2.33. The normalized spacial score (nSPS) is 15.6.